The Kier molecular flexibility index (Phi) is 6.98. The van der Waals surface area contributed by atoms with Crippen molar-refractivity contribution in [1.29, 1.82) is 0 Å². The molecule has 0 aliphatic carbocycles. The third-order valence-electron chi connectivity index (χ3n) is 3.61. The molecule has 0 radical (unpaired) electrons. The van der Waals surface area contributed by atoms with Crippen LogP contribution in [0.4, 0.5) is 4.79 Å². The largest absolute Gasteiger partial charge is 0.480 e. The Balaban J connectivity index is 2.44. The van der Waals surface area contributed by atoms with Crippen LogP contribution in [0.25, 0.3) is 0 Å². The van der Waals surface area contributed by atoms with E-state index in [-0.39, 0.29) is 25.5 Å². The van der Waals surface area contributed by atoms with Crippen molar-refractivity contribution in [2.75, 3.05) is 19.7 Å². The van der Waals surface area contributed by atoms with Gasteiger partial charge in [0.25, 0.3) is 0 Å². The lowest BCUT2D eigenvalue weighted by Crippen LogP contribution is -2.50. The molecule has 1 fully saturated rings. The maximum absolute atomic E-state index is 12.0. The van der Waals surface area contributed by atoms with Crippen LogP contribution in [0.2, 0.25) is 0 Å². The van der Waals surface area contributed by atoms with E-state index in [0.717, 1.165) is 12.8 Å². The summed E-state index contributed by atoms with van der Waals surface area (Å²) in [5.41, 5.74) is 0. The fourth-order valence-electron chi connectivity index (χ4n) is 2.20. The van der Waals surface area contributed by atoms with Gasteiger partial charge in [-0.15, -0.1) is 0 Å². The summed E-state index contributed by atoms with van der Waals surface area (Å²) in [6, 6.07) is -1.44. The molecule has 2 amide bonds. The van der Waals surface area contributed by atoms with E-state index in [2.05, 4.69) is 12.2 Å². The van der Waals surface area contributed by atoms with Crippen molar-refractivity contribution in [3.8, 4) is 0 Å². The number of carboxylic acids is 1. The molecule has 0 unspecified atom stereocenters. The molecule has 21 heavy (non-hydrogen) atoms. The van der Waals surface area contributed by atoms with Crippen LogP contribution in [0, 0.1) is 5.92 Å². The lowest BCUT2D eigenvalue weighted by molar-refractivity contribution is -0.144. The molecule has 0 aromatic carbocycles. The SMILES string of the molecule is CCOC(=O)CC[C@H](NC(=O)N1CCC(C)CC1)C(=O)O. The number of likely N-dealkylation sites (tertiary alicyclic amines) is 1. The maximum Gasteiger partial charge on any atom is 0.326 e. The first kappa shape index (κ1) is 17.3. The monoisotopic (exact) mass is 300 g/mol. The lowest BCUT2D eigenvalue weighted by Gasteiger charge is -2.31. The number of aliphatic carboxylic acids is 1. The summed E-state index contributed by atoms with van der Waals surface area (Å²) >= 11 is 0. The van der Waals surface area contributed by atoms with Gasteiger partial charge in [0.1, 0.15) is 6.04 Å². The summed E-state index contributed by atoms with van der Waals surface area (Å²) in [5.74, 6) is -1.00. The molecule has 1 rings (SSSR count). The Morgan fingerprint density at radius 2 is 1.95 bits per heavy atom. The number of rotatable bonds is 6. The molecule has 0 saturated carbocycles. The van der Waals surface area contributed by atoms with Crippen LogP contribution < -0.4 is 5.32 Å². The number of hydrogen-bond acceptors (Lipinski definition) is 4. The molecule has 0 aromatic heterocycles. The molecule has 0 bridgehead atoms. The van der Waals surface area contributed by atoms with Gasteiger partial charge < -0.3 is 20.1 Å². The zero-order valence-corrected chi connectivity index (χ0v) is 12.6. The molecular weight excluding hydrogens is 276 g/mol. The highest BCUT2D eigenvalue weighted by Gasteiger charge is 2.26. The van der Waals surface area contributed by atoms with Crippen molar-refractivity contribution in [2.45, 2.75) is 45.6 Å². The smallest absolute Gasteiger partial charge is 0.326 e. The van der Waals surface area contributed by atoms with E-state index in [1.54, 1.807) is 11.8 Å². The number of carbonyl (C=O) groups excluding carboxylic acids is 2. The van der Waals surface area contributed by atoms with Crippen molar-refractivity contribution >= 4 is 18.0 Å². The van der Waals surface area contributed by atoms with Crippen molar-refractivity contribution in [3.63, 3.8) is 0 Å². The summed E-state index contributed by atoms with van der Waals surface area (Å²) in [7, 11) is 0. The quantitative estimate of drug-likeness (QED) is 0.719. The zero-order chi connectivity index (χ0) is 15.8. The van der Waals surface area contributed by atoms with Crippen molar-refractivity contribution in [1.82, 2.24) is 10.2 Å². The predicted octanol–water partition coefficient (Wildman–Crippen LogP) is 1.22. The number of carboxylic acid groups (broad SMARTS) is 1. The molecule has 1 heterocycles. The molecular formula is C14H24N2O5. The van der Waals surface area contributed by atoms with Crippen molar-refractivity contribution in [3.05, 3.63) is 0 Å². The van der Waals surface area contributed by atoms with Crippen LogP contribution in [0.5, 0.6) is 0 Å². The van der Waals surface area contributed by atoms with Gasteiger partial charge in [0.15, 0.2) is 0 Å². The van der Waals surface area contributed by atoms with Crippen molar-refractivity contribution in [2.24, 2.45) is 5.92 Å². The fraction of sp³-hybridized carbons (Fsp3) is 0.786. The third kappa shape index (κ3) is 6.01. The second kappa shape index (κ2) is 8.49. The first-order valence-electron chi connectivity index (χ1n) is 7.37. The van der Waals surface area contributed by atoms with E-state index >= 15 is 0 Å². The first-order valence-corrected chi connectivity index (χ1v) is 7.37. The van der Waals surface area contributed by atoms with Gasteiger partial charge in [0, 0.05) is 19.5 Å². The maximum atomic E-state index is 12.0. The number of hydrogen-bond donors (Lipinski definition) is 2. The van der Waals surface area contributed by atoms with Crippen LogP contribution in [0.15, 0.2) is 0 Å². The minimum absolute atomic E-state index is 0.0257. The van der Waals surface area contributed by atoms with Gasteiger partial charge in [0.2, 0.25) is 0 Å². The van der Waals surface area contributed by atoms with E-state index in [4.69, 9.17) is 9.84 Å². The summed E-state index contributed by atoms with van der Waals surface area (Å²) in [6.45, 7) is 5.35. The molecule has 1 aliphatic heterocycles. The molecule has 7 nitrogen and oxygen atoms in total. The molecule has 120 valence electrons. The number of amides is 2. The zero-order valence-electron chi connectivity index (χ0n) is 12.6. The van der Waals surface area contributed by atoms with Gasteiger partial charge in [-0.05, 0) is 32.1 Å². The highest BCUT2D eigenvalue weighted by atomic mass is 16.5. The van der Waals surface area contributed by atoms with E-state index < -0.39 is 18.0 Å². The standard InChI is InChI=1S/C14H24N2O5/c1-3-21-12(17)5-4-11(13(18)19)15-14(20)16-8-6-10(2)7-9-16/h10-11H,3-9H2,1-2H3,(H,15,20)(H,18,19)/t11-/m0/s1. The average Bonchev–Trinajstić information content (AvgIpc) is 2.43. The second-order valence-electron chi connectivity index (χ2n) is 5.35. The number of nitrogens with one attached hydrogen (secondary N) is 1. The van der Waals surface area contributed by atoms with E-state index in [1.807, 2.05) is 0 Å². The first-order chi connectivity index (χ1) is 9.93. The van der Waals surface area contributed by atoms with Gasteiger partial charge in [-0.2, -0.15) is 0 Å². The van der Waals surface area contributed by atoms with Gasteiger partial charge in [-0.25, -0.2) is 9.59 Å². The second-order valence-corrected chi connectivity index (χ2v) is 5.35. The summed E-state index contributed by atoms with van der Waals surface area (Å²) in [6.07, 6.45) is 1.86. The number of esters is 1. The number of ether oxygens (including phenoxy) is 1. The average molecular weight is 300 g/mol. The molecule has 1 aliphatic rings. The van der Waals surface area contributed by atoms with E-state index in [0.29, 0.717) is 19.0 Å². The highest BCUT2D eigenvalue weighted by Crippen LogP contribution is 2.16. The summed E-state index contributed by atoms with van der Waals surface area (Å²) in [5, 5.41) is 11.6. The van der Waals surface area contributed by atoms with Gasteiger partial charge in [0.05, 0.1) is 6.61 Å². The number of carbonyl (C=O) groups is 3. The minimum Gasteiger partial charge on any atom is -0.480 e. The molecule has 2 N–H and O–H groups in total. The number of urea groups is 1. The minimum atomic E-state index is -1.14. The molecule has 0 aromatic rings. The Labute approximate surface area is 124 Å². The van der Waals surface area contributed by atoms with Gasteiger partial charge in [-0.3, -0.25) is 4.79 Å². The van der Waals surface area contributed by atoms with Gasteiger partial charge >= 0.3 is 18.0 Å². The molecule has 1 saturated heterocycles. The van der Waals surface area contributed by atoms with Gasteiger partial charge in [-0.1, -0.05) is 6.92 Å². The van der Waals surface area contributed by atoms with Crippen LogP contribution >= 0.6 is 0 Å². The predicted molar refractivity (Wildman–Crippen MR) is 75.8 cm³/mol. The highest BCUT2D eigenvalue weighted by molar-refractivity contribution is 5.83. The lowest BCUT2D eigenvalue weighted by atomic mass is 9.99. The topological polar surface area (TPSA) is 95.9 Å². The Bertz CT molecular complexity index is 378. The summed E-state index contributed by atoms with van der Waals surface area (Å²) < 4.78 is 4.75. The number of nitrogens with zero attached hydrogens (tertiary/aromatic N) is 1. The third-order valence-corrected chi connectivity index (χ3v) is 3.61. The van der Waals surface area contributed by atoms with Crippen LogP contribution in [-0.2, 0) is 14.3 Å². The summed E-state index contributed by atoms with van der Waals surface area (Å²) in [4.78, 5) is 36.1. The molecule has 7 heteroatoms. The fourth-order valence-corrected chi connectivity index (χ4v) is 2.20. The van der Waals surface area contributed by atoms with Crippen molar-refractivity contribution < 1.29 is 24.2 Å². The molecule has 0 spiro atoms. The Hall–Kier alpha value is -1.79. The normalized spacial score (nSPS) is 17.1. The number of piperidine rings is 1. The Morgan fingerprint density at radius 3 is 2.48 bits per heavy atom. The van der Waals surface area contributed by atoms with Crippen LogP contribution in [-0.4, -0.2) is 53.7 Å². The van der Waals surface area contributed by atoms with Crippen LogP contribution in [0.3, 0.4) is 0 Å². The van der Waals surface area contributed by atoms with Crippen LogP contribution in [0.1, 0.15) is 39.5 Å². The Morgan fingerprint density at radius 1 is 1.33 bits per heavy atom. The van der Waals surface area contributed by atoms with E-state index in [1.165, 1.54) is 0 Å². The molecule has 1 atom stereocenters. The van der Waals surface area contributed by atoms with E-state index in [9.17, 15) is 14.4 Å².